The van der Waals surface area contributed by atoms with Gasteiger partial charge in [-0.3, -0.25) is 4.99 Å². The van der Waals surface area contributed by atoms with Gasteiger partial charge >= 0.3 is 12.4 Å². The van der Waals surface area contributed by atoms with Crippen LogP contribution in [0.2, 0.25) is 0 Å². The van der Waals surface area contributed by atoms with Gasteiger partial charge in [-0.05, 0) is 41.3 Å². The summed E-state index contributed by atoms with van der Waals surface area (Å²) in [6.07, 6.45) is -7.70. The second kappa shape index (κ2) is 8.75. The van der Waals surface area contributed by atoms with Gasteiger partial charge in [0.05, 0.1) is 17.2 Å². The van der Waals surface area contributed by atoms with Gasteiger partial charge in [-0.1, -0.05) is 37.6 Å². The van der Waals surface area contributed by atoms with E-state index < -0.39 is 41.8 Å². The summed E-state index contributed by atoms with van der Waals surface area (Å²) in [5, 5.41) is 0. The predicted molar refractivity (Wildman–Crippen MR) is 92.9 cm³/mol. The van der Waals surface area contributed by atoms with Gasteiger partial charge in [0.2, 0.25) is 0 Å². The Morgan fingerprint density at radius 2 is 1.57 bits per heavy atom. The largest absolute Gasteiger partial charge is 0.416 e. The zero-order valence-corrected chi connectivity index (χ0v) is 14.9. The number of halogens is 7. The van der Waals surface area contributed by atoms with Crippen LogP contribution < -0.4 is 0 Å². The van der Waals surface area contributed by atoms with E-state index in [-0.39, 0.29) is 6.42 Å². The van der Waals surface area contributed by atoms with E-state index in [0.29, 0.717) is 35.7 Å². The van der Waals surface area contributed by atoms with Gasteiger partial charge in [0.15, 0.2) is 0 Å². The molecule has 1 nitrogen and oxygen atoms in total. The molecule has 0 aliphatic rings. The van der Waals surface area contributed by atoms with Gasteiger partial charge in [0.1, 0.15) is 6.67 Å². The minimum absolute atomic E-state index is 0.142. The lowest BCUT2D eigenvalue weighted by Gasteiger charge is -2.20. The Bertz CT molecular complexity index is 805. The highest BCUT2D eigenvalue weighted by Gasteiger charge is 2.38. The van der Waals surface area contributed by atoms with E-state index in [1.807, 2.05) is 0 Å². The Kier molecular flexibility index (Phi) is 6.85. The maximum Gasteiger partial charge on any atom is 0.416 e. The van der Waals surface area contributed by atoms with Gasteiger partial charge < -0.3 is 0 Å². The first kappa shape index (κ1) is 21.9. The molecule has 0 aromatic heterocycles. The summed E-state index contributed by atoms with van der Waals surface area (Å²) in [4.78, 5) is 4.12. The van der Waals surface area contributed by atoms with E-state index in [1.54, 1.807) is 6.92 Å². The van der Waals surface area contributed by atoms with Crippen molar-refractivity contribution in [1.82, 2.24) is 0 Å². The Balaban J connectivity index is 2.48. The molecular formula is C20H18F7N. The average Bonchev–Trinajstić information content (AvgIpc) is 2.63. The summed E-state index contributed by atoms with van der Waals surface area (Å²) in [5.74, 6) is 0. The Hall–Kier alpha value is -2.38. The first-order valence-electron chi connectivity index (χ1n) is 8.52. The fourth-order valence-electron chi connectivity index (χ4n) is 2.73. The highest BCUT2D eigenvalue weighted by atomic mass is 19.4. The summed E-state index contributed by atoms with van der Waals surface area (Å²) in [7, 11) is 0. The van der Waals surface area contributed by atoms with Crippen LogP contribution >= 0.6 is 0 Å². The van der Waals surface area contributed by atoms with E-state index in [2.05, 4.69) is 4.99 Å². The first-order valence-corrected chi connectivity index (χ1v) is 8.52. The second-order valence-electron chi connectivity index (χ2n) is 6.26. The average molecular weight is 405 g/mol. The van der Waals surface area contributed by atoms with Crippen molar-refractivity contribution in [3.63, 3.8) is 0 Å². The number of alkyl halides is 7. The standard InChI is InChI=1S/C20H18F7N/c1-2-3-18(28-12-14-6-4-13(11-21)5-7-14)16-10-15(19(22,23)24)8-9-17(16)20(25,26)27/h4-10,12,18H,2-3,11H2,1H3/b28-12+. The molecule has 0 spiro atoms. The number of rotatable bonds is 6. The normalized spacial score (nSPS) is 13.9. The van der Waals surface area contributed by atoms with E-state index >= 15 is 0 Å². The summed E-state index contributed by atoms with van der Waals surface area (Å²) < 4.78 is 91.7. The number of nitrogens with zero attached hydrogens (tertiary/aromatic N) is 1. The lowest BCUT2D eigenvalue weighted by Crippen LogP contribution is -2.14. The molecule has 0 radical (unpaired) electrons. The molecule has 0 fully saturated rings. The molecule has 1 unspecified atom stereocenters. The minimum atomic E-state index is -4.80. The van der Waals surface area contributed by atoms with Crippen LogP contribution in [-0.4, -0.2) is 6.21 Å². The maximum atomic E-state index is 13.4. The van der Waals surface area contributed by atoms with Crippen LogP contribution in [0.3, 0.4) is 0 Å². The van der Waals surface area contributed by atoms with Crippen molar-refractivity contribution in [3.8, 4) is 0 Å². The van der Waals surface area contributed by atoms with Crippen molar-refractivity contribution in [2.24, 2.45) is 4.99 Å². The Morgan fingerprint density at radius 1 is 0.929 bits per heavy atom. The smallest absolute Gasteiger partial charge is 0.284 e. The third-order valence-electron chi connectivity index (χ3n) is 4.14. The zero-order valence-electron chi connectivity index (χ0n) is 14.9. The molecular weight excluding hydrogens is 387 g/mol. The molecule has 0 bridgehead atoms. The van der Waals surface area contributed by atoms with Gasteiger partial charge in [-0.15, -0.1) is 0 Å². The topological polar surface area (TPSA) is 12.4 Å². The van der Waals surface area contributed by atoms with E-state index in [9.17, 15) is 30.7 Å². The summed E-state index contributed by atoms with van der Waals surface area (Å²) in [5.41, 5.74) is -1.86. The molecule has 0 heterocycles. The molecule has 2 aromatic carbocycles. The fraction of sp³-hybridized carbons (Fsp3) is 0.350. The van der Waals surface area contributed by atoms with E-state index in [1.165, 1.54) is 30.5 Å². The molecule has 0 saturated carbocycles. The van der Waals surface area contributed by atoms with E-state index in [4.69, 9.17) is 0 Å². The van der Waals surface area contributed by atoms with E-state index in [0.717, 1.165) is 0 Å². The van der Waals surface area contributed by atoms with Crippen LogP contribution in [0.1, 0.15) is 53.6 Å². The number of aliphatic imine (C=N–C) groups is 1. The van der Waals surface area contributed by atoms with Crippen LogP contribution in [0.5, 0.6) is 0 Å². The minimum Gasteiger partial charge on any atom is -0.284 e. The molecule has 8 heteroatoms. The van der Waals surface area contributed by atoms with Crippen molar-refractivity contribution < 1.29 is 30.7 Å². The highest BCUT2D eigenvalue weighted by molar-refractivity contribution is 5.79. The van der Waals surface area contributed by atoms with Crippen molar-refractivity contribution >= 4 is 6.21 Å². The summed E-state index contributed by atoms with van der Waals surface area (Å²) in [6, 6.07) is 6.39. The van der Waals surface area contributed by atoms with Crippen LogP contribution in [0.25, 0.3) is 0 Å². The third kappa shape index (κ3) is 5.56. The highest BCUT2D eigenvalue weighted by Crippen LogP contribution is 2.40. The number of hydrogen-bond acceptors (Lipinski definition) is 1. The first-order chi connectivity index (χ1) is 13.1. The van der Waals surface area contributed by atoms with Crippen LogP contribution in [0, 0.1) is 0 Å². The quantitative estimate of drug-likeness (QED) is 0.357. The monoisotopic (exact) mass is 405 g/mol. The SMILES string of the molecule is CCCC(/N=C/c1ccc(CF)cc1)c1cc(C(F)(F)F)ccc1C(F)(F)F. The van der Waals surface area contributed by atoms with Crippen molar-refractivity contribution in [1.29, 1.82) is 0 Å². The molecule has 2 aromatic rings. The van der Waals surface area contributed by atoms with Crippen LogP contribution in [0.4, 0.5) is 30.7 Å². The number of hydrogen-bond donors (Lipinski definition) is 0. The van der Waals surface area contributed by atoms with Gasteiger partial charge in [0, 0.05) is 6.21 Å². The summed E-state index contributed by atoms with van der Waals surface area (Å²) in [6.45, 7) is 1.05. The number of benzene rings is 2. The fourth-order valence-corrected chi connectivity index (χ4v) is 2.73. The van der Waals surface area contributed by atoms with Gasteiger partial charge in [0.25, 0.3) is 0 Å². The lowest BCUT2D eigenvalue weighted by molar-refractivity contribution is -0.142. The molecule has 0 aliphatic heterocycles. The molecule has 0 aliphatic carbocycles. The lowest BCUT2D eigenvalue weighted by atomic mass is 9.94. The molecule has 152 valence electrons. The molecule has 0 amide bonds. The molecule has 1 atom stereocenters. The molecule has 28 heavy (non-hydrogen) atoms. The third-order valence-corrected chi connectivity index (χ3v) is 4.14. The molecule has 0 N–H and O–H groups in total. The Morgan fingerprint density at radius 3 is 2.07 bits per heavy atom. The Labute approximate surface area is 157 Å². The van der Waals surface area contributed by atoms with Gasteiger partial charge in [-0.2, -0.15) is 26.3 Å². The van der Waals surface area contributed by atoms with Crippen molar-refractivity contribution in [2.75, 3.05) is 0 Å². The maximum absolute atomic E-state index is 13.4. The van der Waals surface area contributed by atoms with Crippen molar-refractivity contribution in [3.05, 3.63) is 70.3 Å². The zero-order chi connectivity index (χ0) is 20.9. The summed E-state index contributed by atoms with van der Waals surface area (Å²) >= 11 is 0. The van der Waals surface area contributed by atoms with Crippen LogP contribution in [0.15, 0.2) is 47.5 Å². The second-order valence-corrected chi connectivity index (χ2v) is 6.26. The molecule has 0 saturated heterocycles. The van der Waals surface area contributed by atoms with Crippen molar-refractivity contribution in [2.45, 2.75) is 44.8 Å². The van der Waals surface area contributed by atoms with Gasteiger partial charge in [-0.25, -0.2) is 4.39 Å². The van der Waals surface area contributed by atoms with Crippen LogP contribution in [-0.2, 0) is 19.0 Å². The predicted octanol–water partition coefficient (Wildman–Crippen LogP) is 7.15. The molecule has 2 rings (SSSR count).